The molecule has 0 spiro atoms. The first kappa shape index (κ1) is 13.6. The van der Waals surface area contributed by atoms with Crippen molar-refractivity contribution in [3.8, 4) is 11.5 Å². The lowest BCUT2D eigenvalue weighted by molar-refractivity contribution is 0.414. The van der Waals surface area contributed by atoms with Crippen molar-refractivity contribution in [1.29, 1.82) is 0 Å². The van der Waals surface area contributed by atoms with E-state index in [-0.39, 0.29) is 5.43 Å². The van der Waals surface area contributed by atoms with Gasteiger partial charge in [-0.05, 0) is 35.7 Å². The molecule has 4 heteroatoms. The van der Waals surface area contributed by atoms with Gasteiger partial charge in [0.2, 0.25) is 5.43 Å². The summed E-state index contributed by atoms with van der Waals surface area (Å²) in [5.41, 5.74) is 1.01. The van der Waals surface area contributed by atoms with Gasteiger partial charge in [0, 0.05) is 11.5 Å². The van der Waals surface area contributed by atoms with E-state index >= 15 is 0 Å². The minimum atomic E-state index is -0.0586. The van der Waals surface area contributed by atoms with Crippen LogP contribution in [0.25, 0.3) is 32.7 Å². The summed E-state index contributed by atoms with van der Waals surface area (Å²) in [5, 5.41) is 2.93. The number of methoxy groups -OCH3 is 2. The summed E-state index contributed by atoms with van der Waals surface area (Å²) in [6.45, 7) is 0. The molecule has 1 heterocycles. The molecule has 0 aliphatic rings. The quantitative estimate of drug-likeness (QED) is 0.523. The van der Waals surface area contributed by atoms with E-state index in [0.29, 0.717) is 27.7 Å². The van der Waals surface area contributed by atoms with Gasteiger partial charge in [0.15, 0.2) is 0 Å². The molecule has 0 atom stereocenters. The van der Waals surface area contributed by atoms with E-state index in [9.17, 15) is 4.79 Å². The largest absolute Gasteiger partial charge is 0.497 e. The van der Waals surface area contributed by atoms with Gasteiger partial charge in [-0.25, -0.2) is 0 Å². The fourth-order valence-electron chi connectivity index (χ4n) is 2.88. The number of fused-ring (bicyclic) bond motifs is 3. The Bertz CT molecular complexity index is 1100. The van der Waals surface area contributed by atoms with Crippen LogP contribution < -0.4 is 14.9 Å². The highest BCUT2D eigenvalue weighted by Crippen LogP contribution is 2.30. The van der Waals surface area contributed by atoms with E-state index in [1.165, 1.54) is 0 Å². The third kappa shape index (κ3) is 2.03. The molecule has 1 aromatic heterocycles. The van der Waals surface area contributed by atoms with Gasteiger partial charge in [0.25, 0.3) is 0 Å². The van der Waals surface area contributed by atoms with Crippen molar-refractivity contribution < 1.29 is 13.9 Å². The normalized spacial score (nSPS) is 11.2. The molecular formula is C19H14O4. The molecule has 0 saturated carbocycles. The minimum Gasteiger partial charge on any atom is -0.497 e. The van der Waals surface area contributed by atoms with E-state index in [2.05, 4.69) is 0 Å². The van der Waals surface area contributed by atoms with Crippen LogP contribution in [0.2, 0.25) is 0 Å². The Morgan fingerprint density at radius 2 is 1.65 bits per heavy atom. The molecule has 0 saturated heterocycles. The van der Waals surface area contributed by atoms with Crippen LogP contribution in [0.3, 0.4) is 0 Å². The Kier molecular flexibility index (Phi) is 2.98. The lowest BCUT2D eigenvalue weighted by Gasteiger charge is -2.08. The number of hydrogen-bond acceptors (Lipinski definition) is 4. The van der Waals surface area contributed by atoms with Crippen molar-refractivity contribution >= 4 is 32.7 Å². The monoisotopic (exact) mass is 306 g/mol. The lowest BCUT2D eigenvalue weighted by Crippen LogP contribution is -2.02. The van der Waals surface area contributed by atoms with Crippen molar-refractivity contribution in [1.82, 2.24) is 0 Å². The van der Waals surface area contributed by atoms with Crippen LogP contribution in [0.4, 0.5) is 0 Å². The average Bonchev–Trinajstić information content (AvgIpc) is 2.59. The van der Waals surface area contributed by atoms with Crippen molar-refractivity contribution in [2.75, 3.05) is 14.2 Å². The zero-order chi connectivity index (χ0) is 16.0. The van der Waals surface area contributed by atoms with Crippen LogP contribution in [-0.2, 0) is 0 Å². The van der Waals surface area contributed by atoms with E-state index in [1.54, 1.807) is 32.4 Å². The third-order valence-corrected chi connectivity index (χ3v) is 4.06. The number of hydrogen-bond donors (Lipinski definition) is 0. The van der Waals surface area contributed by atoms with E-state index < -0.39 is 0 Å². The summed E-state index contributed by atoms with van der Waals surface area (Å²) in [6.07, 6.45) is 0. The Labute approximate surface area is 131 Å². The summed E-state index contributed by atoms with van der Waals surface area (Å²) < 4.78 is 16.5. The second-order valence-electron chi connectivity index (χ2n) is 5.32. The SMILES string of the molecule is COc1ccc2c(=O)c3cc4c(OC)cccc4cc3oc2c1. The molecule has 4 rings (SSSR count). The highest BCUT2D eigenvalue weighted by molar-refractivity contribution is 6.01. The fourth-order valence-corrected chi connectivity index (χ4v) is 2.88. The molecule has 23 heavy (non-hydrogen) atoms. The molecule has 0 amide bonds. The molecule has 4 nitrogen and oxygen atoms in total. The standard InChI is InChI=1S/C19H14O4/c1-21-12-6-7-13-18(9-12)23-17-8-11-4-3-5-16(22-2)14(11)10-15(17)19(13)20/h3-10H,1-2H3. The summed E-state index contributed by atoms with van der Waals surface area (Å²) in [6, 6.07) is 14.7. The lowest BCUT2D eigenvalue weighted by atomic mass is 10.0. The first-order valence-corrected chi connectivity index (χ1v) is 7.22. The van der Waals surface area contributed by atoms with Crippen molar-refractivity contribution in [2.24, 2.45) is 0 Å². The molecule has 114 valence electrons. The van der Waals surface area contributed by atoms with E-state index in [1.807, 2.05) is 30.3 Å². The van der Waals surface area contributed by atoms with E-state index in [0.717, 1.165) is 16.5 Å². The Morgan fingerprint density at radius 3 is 2.43 bits per heavy atom. The topological polar surface area (TPSA) is 48.7 Å². The van der Waals surface area contributed by atoms with Gasteiger partial charge in [-0.15, -0.1) is 0 Å². The van der Waals surface area contributed by atoms with Crippen molar-refractivity contribution in [3.63, 3.8) is 0 Å². The number of rotatable bonds is 2. The van der Waals surface area contributed by atoms with Crippen molar-refractivity contribution in [2.45, 2.75) is 0 Å². The zero-order valence-electron chi connectivity index (χ0n) is 12.8. The Hall–Kier alpha value is -3.01. The average molecular weight is 306 g/mol. The molecule has 3 aromatic carbocycles. The van der Waals surface area contributed by atoms with Gasteiger partial charge < -0.3 is 13.9 Å². The summed E-state index contributed by atoms with van der Waals surface area (Å²) in [4.78, 5) is 12.8. The van der Waals surface area contributed by atoms with Gasteiger partial charge >= 0.3 is 0 Å². The molecular weight excluding hydrogens is 292 g/mol. The van der Waals surface area contributed by atoms with E-state index in [4.69, 9.17) is 13.9 Å². The maximum Gasteiger partial charge on any atom is 0.200 e. The van der Waals surface area contributed by atoms with Crippen LogP contribution in [0.1, 0.15) is 0 Å². The maximum atomic E-state index is 12.8. The smallest absolute Gasteiger partial charge is 0.200 e. The second kappa shape index (κ2) is 5.02. The van der Waals surface area contributed by atoms with Gasteiger partial charge in [0.05, 0.1) is 25.0 Å². The van der Waals surface area contributed by atoms with Crippen LogP contribution >= 0.6 is 0 Å². The van der Waals surface area contributed by atoms with Gasteiger partial charge in [-0.2, -0.15) is 0 Å². The summed E-state index contributed by atoms with van der Waals surface area (Å²) in [5.74, 6) is 1.39. The first-order chi connectivity index (χ1) is 11.2. The number of ether oxygens (including phenoxy) is 2. The molecule has 0 bridgehead atoms. The van der Waals surface area contributed by atoms with Crippen LogP contribution in [0.15, 0.2) is 57.7 Å². The maximum absolute atomic E-state index is 12.8. The predicted octanol–water partition coefficient (Wildman–Crippen LogP) is 4.12. The fraction of sp³-hybridized carbons (Fsp3) is 0.105. The highest BCUT2D eigenvalue weighted by Gasteiger charge is 2.11. The molecule has 0 aliphatic heterocycles. The highest BCUT2D eigenvalue weighted by atomic mass is 16.5. The molecule has 0 N–H and O–H groups in total. The first-order valence-electron chi connectivity index (χ1n) is 7.22. The molecule has 4 aromatic rings. The molecule has 0 aliphatic carbocycles. The Morgan fingerprint density at radius 1 is 0.826 bits per heavy atom. The molecule has 0 fully saturated rings. The third-order valence-electron chi connectivity index (χ3n) is 4.06. The van der Waals surface area contributed by atoms with Gasteiger partial charge in [-0.3, -0.25) is 4.79 Å². The van der Waals surface area contributed by atoms with Crippen LogP contribution in [-0.4, -0.2) is 14.2 Å². The molecule has 0 unspecified atom stereocenters. The predicted molar refractivity (Wildman–Crippen MR) is 90.6 cm³/mol. The van der Waals surface area contributed by atoms with Crippen molar-refractivity contribution in [3.05, 3.63) is 58.8 Å². The molecule has 0 radical (unpaired) electrons. The van der Waals surface area contributed by atoms with Crippen LogP contribution in [0.5, 0.6) is 11.5 Å². The van der Waals surface area contributed by atoms with Gasteiger partial charge in [-0.1, -0.05) is 12.1 Å². The second-order valence-corrected chi connectivity index (χ2v) is 5.32. The summed E-state index contributed by atoms with van der Waals surface area (Å²) in [7, 11) is 3.20. The Balaban J connectivity index is 2.16. The van der Waals surface area contributed by atoms with Gasteiger partial charge in [0.1, 0.15) is 22.7 Å². The number of benzene rings is 3. The zero-order valence-corrected chi connectivity index (χ0v) is 12.8. The summed E-state index contributed by atoms with van der Waals surface area (Å²) >= 11 is 0. The van der Waals surface area contributed by atoms with Crippen LogP contribution in [0, 0.1) is 0 Å². The minimum absolute atomic E-state index is 0.0586.